The van der Waals surface area contributed by atoms with Crippen molar-refractivity contribution in [3.05, 3.63) is 12.7 Å². The summed E-state index contributed by atoms with van der Waals surface area (Å²) in [5.41, 5.74) is -0.398. The molecule has 0 atom stereocenters. The summed E-state index contributed by atoms with van der Waals surface area (Å²) in [4.78, 5) is 10.5. The molecule has 0 amide bonds. The largest absolute Gasteiger partial charge is 0.457 e. The van der Waals surface area contributed by atoms with E-state index in [1.165, 1.54) is 0 Å². The van der Waals surface area contributed by atoms with Crippen LogP contribution in [-0.4, -0.2) is 11.6 Å². The standard InChI is InChI=1S/C7H12O2.ClH/c1-5-6(8)9-7(2,3)4;/h5H,1H2,2-4H3;1H. The summed E-state index contributed by atoms with van der Waals surface area (Å²) in [5.74, 6) is -0.373. The van der Waals surface area contributed by atoms with Crippen LogP contribution in [-0.2, 0) is 9.53 Å². The SMILES string of the molecule is C=CC(=O)OC(C)(C)C.Cl. The van der Waals surface area contributed by atoms with Gasteiger partial charge in [-0.3, -0.25) is 0 Å². The zero-order valence-corrected chi connectivity index (χ0v) is 7.33. The Hall–Kier alpha value is -0.500. The summed E-state index contributed by atoms with van der Waals surface area (Å²) in [6.45, 7) is 8.71. The van der Waals surface area contributed by atoms with Crippen LogP contribution in [0.5, 0.6) is 0 Å². The lowest BCUT2D eigenvalue weighted by atomic mass is 10.2. The zero-order chi connectivity index (χ0) is 7.49. The van der Waals surface area contributed by atoms with Crippen LogP contribution in [0.1, 0.15) is 20.8 Å². The van der Waals surface area contributed by atoms with Crippen LogP contribution in [0.25, 0.3) is 0 Å². The van der Waals surface area contributed by atoms with Gasteiger partial charge in [-0.05, 0) is 20.8 Å². The first-order valence-electron chi connectivity index (χ1n) is 2.81. The summed E-state index contributed by atoms with van der Waals surface area (Å²) in [7, 11) is 0. The molecule has 0 aromatic heterocycles. The molecule has 0 bridgehead atoms. The number of hydrogen-bond donors (Lipinski definition) is 0. The Morgan fingerprint density at radius 2 is 1.90 bits per heavy atom. The summed E-state index contributed by atoms with van der Waals surface area (Å²) in [6.07, 6.45) is 1.16. The average molecular weight is 165 g/mol. The average Bonchev–Trinajstić information content (AvgIpc) is 1.62. The maximum Gasteiger partial charge on any atom is 0.330 e. The topological polar surface area (TPSA) is 26.3 Å². The molecule has 2 nitrogen and oxygen atoms in total. The van der Waals surface area contributed by atoms with Crippen molar-refractivity contribution in [3.8, 4) is 0 Å². The van der Waals surface area contributed by atoms with Crippen molar-refractivity contribution >= 4 is 18.4 Å². The van der Waals surface area contributed by atoms with E-state index in [0.717, 1.165) is 6.08 Å². The molecule has 0 aliphatic rings. The van der Waals surface area contributed by atoms with E-state index < -0.39 is 5.60 Å². The fourth-order valence-corrected chi connectivity index (χ4v) is 0.343. The van der Waals surface area contributed by atoms with Gasteiger partial charge in [-0.2, -0.15) is 0 Å². The highest BCUT2D eigenvalue weighted by Gasteiger charge is 2.12. The second-order valence-electron chi connectivity index (χ2n) is 2.74. The molecule has 0 spiro atoms. The van der Waals surface area contributed by atoms with Crippen LogP contribution in [0.15, 0.2) is 12.7 Å². The Labute approximate surface area is 67.7 Å². The Balaban J connectivity index is 0. The third-order valence-corrected chi connectivity index (χ3v) is 0.573. The van der Waals surface area contributed by atoms with E-state index in [2.05, 4.69) is 6.58 Å². The molecule has 3 heteroatoms. The van der Waals surface area contributed by atoms with E-state index in [1.54, 1.807) is 0 Å². The van der Waals surface area contributed by atoms with Crippen molar-refractivity contribution in [2.24, 2.45) is 0 Å². The molecule has 0 saturated heterocycles. The molecule has 0 unspecified atom stereocenters. The number of ether oxygens (including phenoxy) is 1. The van der Waals surface area contributed by atoms with Crippen LogP contribution >= 0.6 is 12.4 Å². The molecule has 60 valence electrons. The Morgan fingerprint density at radius 1 is 1.50 bits per heavy atom. The van der Waals surface area contributed by atoms with Gasteiger partial charge in [-0.15, -0.1) is 12.4 Å². The molecule has 0 fully saturated rings. The molecule has 0 radical (unpaired) electrons. The van der Waals surface area contributed by atoms with Crippen molar-refractivity contribution < 1.29 is 9.53 Å². The quantitative estimate of drug-likeness (QED) is 0.437. The Kier molecular flexibility index (Phi) is 5.29. The van der Waals surface area contributed by atoms with Gasteiger partial charge in [0.25, 0.3) is 0 Å². The number of halogens is 1. The number of carbonyl (C=O) groups is 1. The highest BCUT2D eigenvalue weighted by molar-refractivity contribution is 5.85. The fraction of sp³-hybridized carbons (Fsp3) is 0.571. The van der Waals surface area contributed by atoms with E-state index in [0.29, 0.717) is 0 Å². The van der Waals surface area contributed by atoms with Gasteiger partial charge >= 0.3 is 5.97 Å². The van der Waals surface area contributed by atoms with Crippen LogP contribution in [0.3, 0.4) is 0 Å². The lowest BCUT2D eigenvalue weighted by Crippen LogP contribution is -2.22. The highest BCUT2D eigenvalue weighted by Crippen LogP contribution is 2.06. The van der Waals surface area contributed by atoms with Crippen molar-refractivity contribution in [3.63, 3.8) is 0 Å². The van der Waals surface area contributed by atoms with Gasteiger partial charge in [-0.25, -0.2) is 4.79 Å². The Morgan fingerprint density at radius 3 is 2.00 bits per heavy atom. The van der Waals surface area contributed by atoms with Gasteiger partial charge in [0.2, 0.25) is 0 Å². The first-order chi connectivity index (χ1) is 3.95. The van der Waals surface area contributed by atoms with Crippen LogP contribution in [0.2, 0.25) is 0 Å². The van der Waals surface area contributed by atoms with Crippen molar-refractivity contribution in [1.29, 1.82) is 0 Å². The lowest BCUT2D eigenvalue weighted by molar-refractivity contribution is -0.148. The molecular weight excluding hydrogens is 152 g/mol. The molecule has 0 aliphatic heterocycles. The molecule has 0 heterocycles. The number of esters is 1. The lowest BCUT2D eigenvalue weighted by Gasteiger charge is -2.17. The number of rotatable bonds is 1. The van der Waals surface area contributed by atoms with Gasteiger partial charge in [0.15, 0.2) is 0 Å². The van der Waals surface area contributed by atoms with Gasteiger partial charge in [-0.1, -0.05) is 6.58 Å². The van der Waals surface area contributed by atoms with Crippen LogP contribution in [0.4, 0.5) is 0 Å². The molecule has 0 saturated carbocycles. The second-order valence-corrected chi connectivity index (χ2v) is 2.74. The fourth-order valence-electron chi connectivity index (χ4n) is 0.343. The van der Waals surface area contributed by atoms with E-state index in [1.807, 2.05) is 20.8 Å². The monoisotopic (exact) mass is 164 g/mol. The second kappa shape index (κ2) is 4.34. The molecule has 0 rings (SSSR count). The van der Waals surface area contributed by atoms with Crippen molar-refractivity contribution in [1.82, 2.24) is 0 Å². The normalized spacial score (nSPS) is 9.50. The van der Waals surface area contributed by atoms with Gasteiger partial charge in [0, 0.05) is 6.08 Å². The third-order valence-electron chi connectivity index (χ3n) is 0.573. The third kappa shape index (κ3) is 7.50. The smallest absolute Gasteiger partial charge is 0.330 e. The first kappa shape index (κ1) is 12.2. The molecule has 10 heavy (non-hydrogen) atoms. The van der Waals surface area contributed by atoms with Crippen LogP contribution in [0, 0.1) is 0 Å². The summed E-state index contributed by atoms with van der Waals surface area (Å²) in [5, 5.41) is 0. The summed E-state index contributed by atoms with van der Waals surface area (Å²) in [6, 6.07) is 0. The molecule has 0 N–H and O–H groups in total. The summed E-state index contributed by atoms with van der Waals surface area (Å²) < 4.78 is 4.83. The predicted octanol–water partition coefficient (Wildman–Crippen LogP) is 1.94. The maximum absolute atomic E-state index is 10.5. The van der Waals surface area contributed by atoms with Crippen molar-refractivity contribution in [2.75, 3.05) is 0 Å². The van der Waals surface area contributed by atoms with Gasteiger partial charge in [0.05, 0.1) is 0 Å². The van der Waals surface area contributed by atoms with Crippen molar-refractivity contribution in [2.45, 2.75) is 26.4 Å². The highest BCUT2D eigenvalue weighted by atomic mass is 35.5. The predicted molar refractivity (Wildman–Crippen MR) is 43.3 cm³/mol. The molecule has 0 aromatic rings. The number of hydrogen-bond acceptors (Lipinski definition) is 2. The van der Waals surface area contributed by atoms with Gasteiger partial charge in [0.1, 0.15) is 5.60 Å². The first-order valence-corrected chi connectivity index (χ1v) is 2.81. The Bertz CT molecular complexity index is 124. The van der Waals surface area contributed by atoms with E-state index in [-0.39, 0.29) is 18.4 Å². The molecule has 0 aromatic carbocycles. The van der Waals surface area contributed by atoms with Gasteiger partial charge < -0.3 is 4.74 Å². The minimum atomic E-state index is -0.398. The van der Waals surface area contributed by atoms with E-state index in [9.17, 15) is 4.79 Å². The molecule has 0 aliphatic carbocycles. The van der Waals surface area contributed by atoms with E-state index >= 15 is 0 Å². The minimum Gasteiger partial charge on any atom is -0.457 e. The number of carbonyl (C=O) groups excluding carboxylic acids is 1. The minimum absolute atomic E-state index is 0. The zero-order valence-electron chi connectivity index (χ0n) is 6.51. The molecular formula is C7H13ClO2. The van der Waals surface area contributed by atoms with E-state index in [4.69, 9.17) is 4.74 Å². The summed E-state index contributed by atoms with van der Waals surface area (Å²) >= 11 is 0. The van der Waals surface area contributed by atoms with Crippen LogP contribution < -0.4 is 0 Å². The maximum atomic E-state index is 10.5.